The molecule has 1 aliphatic heterocycles. The molecule has 0 amide bonds. The van der Waals surface area contributed by atoms with Gasteiger partial charge in [0, 0.05) is 5.97 Å². The summed E-state index contributed by atoms with van der Waals surface area (Å²) >= 11 is 0. The number of epoxide rings is 1. The third-order valence-corrected chi connectivity index (χ3v) is 3.76. The Morgan fingerprint density at radius 2 is 1.90 bits per heavy atom. The van der Waals surface area contributed by atoms with Crippen molar-refractivity contribution in [1.29, 1.82) is 0 Å². The van der Waals surface area contributed by atoms with E-state index in [0.717, 1.165) is 31.4 Å². The first-order valence-corrected chi connectivity index (χ1v) is 8.47. The summed E-state index contributed by atoms with van der Waals surface area (Å²) < 4.78 is 5.51. The fraction of sp³-hybridized carbons (Fsp3) is 0.722. The zero-order valence-electron chi connectivity index (χ0n) is 13.3. The number of rotatable bonds is 13. The van der Waals surface area contributed by atoms with Crippen LogP contribution in [0.4, 0.5) is 0 Å². The molecule has 3 nitrogen and oxygen atoms in total. The highest BCUT2D eigenvalue weighted by Crippen LogP contribution is 2.31. The molecule has 0 radical (unpaired) electrons. The minimum absolute atomic E-state index is 0.201. The maximum absolute atomic E-state index is 10.2. The second kappa shape index (κ2) is 11.4. The van der Waals surface area contributed by atoms with Gasteiger partial charge >= 0.3 is 0 Å². The molecule has 0 saturated carbocycles. The summed E-state index contributed by atoms with van der Waals surface area (Å²) in [4.78, 5) is 10.2. The van der Waals surface area contributed by atoms with Gasteiger partial charge in [0.25, 0.3) is 0 Å². The van der Waals surface area contributed by atoms with Crippen molar-refractivity contribution >= 4 is 5.97 Å². The van der Waals surface area contributed by atoms with E-state index in [2.05, 4.69) is 25.2 Å². The number of allylic oxidation sites excluding steroid dienone is 3. The Morgan fingerprint density at radius 1 is 1.14 bits per heavy atom. The highest BCUT2D eigenvalue weighted by atomic mass is 16.6. The molecule has 1 aliphatic rings. The van der Waals surface area contributed by atoms with Gasteiger partial charge in [-0.05, 0) is 44.6 Å². The summed E-state index contributed by atoms with van der Waals surface area (Å²) in [6, 6.07) is 0. The van der Waals surface area contributed by atoms with Gasteiger partial charge in [-0.3, -0.25) is 0 Å². The van der Waals surface area contributed by atoms with E-state index in [1.54, 1.807) is 0 Å². The summed E-state index contributed by atoms with van der Waals surface area (Å²) in [5.41, 5.74) is 0. The Hall–Kier alpha value is -1.25. The standard InChI is InChI=1S/C18H30O3/c1-2-3-10-13-16-17(21-16)14-11-8-6-4-5-7-9-12-15-18(19)20/h8,11,14,16H,2-7,9-10,12-13,15H2,1H3,(H,19,20)/p-1/b11-8+,17-14+. The van der Waals surface area contributed by atoms with Gasteiger partial charge < -0.3 is 14.6 Å². The van der Waals surface area contributed by atoms with E-state index in [4.69, 9.17) is 4.74 Å². The molecule has 0 spiro atoms. The smallest absolute Gasteiger partial charge is 0.155 e. The maximum Gasteiger partial charge on any atom is 0.155 e. The van der Waals surface area contributed by atoms with E-state index in [1.807, 2.05) is 0 Å². The minimum atomic E-state index is -0.929. The summed E-state index contributed by atoms with van der Waals surface area (Å²) in [6.45, 7) is 2.22. The number of ether oxygens (including phenoxy) is 1. The van der Waals surface area contributed by atoms with Crippen LogP contribution in [0.1, 0.15) is 77.6 Å². The van der Waals surface area contributed by atoms with Crippen molar-refractivity contribution in [2.75, 3.05) is 0 Å². The van der Waals surface area contributed by atoms with Crippen LogP contribution < -0.4 is 5.11 Å². The van der Waals surface area contributed by atoms with Gasteiger partial charge in [0.05, 0.1) is 0 Å². The lowest BCUT2D eigenvalue weighted by atomic mass is 10.1. The predicted octanol–water partition coefficient (Wildman–Crippen LogP) is 3.89. The zero-order valence-corrected chi connectivity index (χ0v) is 13.3. The molecule has 1 heterocycles. The highest BCUT2D eigenvalue weighted by Gasteiger charge is 2.30. The number of hydrogen-bond donors (Lipinski definition) is 0. The van der Waals surface area contributed by atoms with Gasteiger partial charge in [0.2, 0.25) is 0 Å². The molecule has 1 saturated heterocycles. The number of unbranched alkanes of at least 4 members (excludes halogenated alkanes) is 7. The minimum Gasteiger partial charge on any atom is -0.550 e. The van der Waals surface area contributed by atoms with Crippen molar-refractivity contribution < 1.29 is 14.6 Å². The van der Waals surface area contributed by atoms with Crippen LogP contribution in [0.5, 0.6) is 0 Å². The van der Waals surface area contributed by atoms with E-state index in [-0.39, 0.29) is 6.42 Å². The number of carbonyl (C=O) groups excluding carboxylic acids is 1. The zero-order chi connectivity index (χ0) is 15.3. The van der Waals surface area contributed by atoms with E-state index in [9.17, 15) is 9.90 Å². The van der Waals surface area contributed by atoms with E-state index < -0.39 is 5.97 Å². The van der Waals surface area contributed by atoms with Crippen LogP contribution in [0, 0.1) is 0 Å². The lowest BCUT2D eigenvalue weighted by Crippen LogP contribution is -2.21. The van der Waals surface area contributed by atoms with Crippen LogP contribution in [-0.4, -0.2) is 12.1 Å². The summed E-state index contributed by atoms with van der Waals surface area (Å²) in [5.74, 6) is 0.214. The third kappa shape index (κ3) is 10.2. The molecule has 1 rings (SSSR count). The maximum atomic E-state index is 10.2. The molecule has 3 heteroatoms. The lowest BCUT2D eigenvalue weighted by molar-refractivity contribution is -0.305. The molecule has 0 aromatic rings. The normalized spacial score (nSPS) is 19.1. The van der Waals surface area contributed by atoms with Gasteiger partial charge in [-0.15, -0.1) is 0 Å². The highest BCUT2D eigenvalue weighted by molar-refractivity contribution is 5.63. The second-order valence-electron chi connectivity index (χ2n) is 5.78. The molecule has 1 atom stereocenters. The van der Waals surface area contributed by atoms with Crippen LogP contribution >= 0.6 is 0 Å². The molecule has 0 N–H and O–H groups in total. The molecule has 120 valence electrons. The van der Waals surface area contributed by atoms with Crippen LogP contribution in [0.15, 0.2) is 24.0 Å². The average molecular weight is 293 g/mol. The number of carbonyl (C=O) groups is 1. The van der Waals surface area contributed by atoms with E-state index in [0.29, 0.717) is 6.10 Å². The Morgan fingerprint density at radius 3 is 2.67 bits per heavy atom. The van der Waals surface area contributed by atoms with Crippen molar-refractivity contribution in [2.45, 2.75) is 83.7 Å². The SMILES string of the molecule is CCCCCC1O/C1=C/C=C/CCCCCCCC(=O)[O-]. The second-order valence-corrected chi connectivity index (χ2v) is 5.78. The van der Waals surface area contributed by atoms with Crippen molar-refractivity contribution in [3.8, 4) is 0 Å². The van der Waals surface area contributed by atoms with Crippen LogP contribution in [-0.2, 0) is 9.53 Å². The Bertz CT molecular complexity index is 344. The molecule has 1 unspecified atom stereocenters. The summed E-state index contributed by atoms with van der Waals surface area (Å²) in [5, 5.41) is 10.2. The van der Waals surface area contributed by atoms with Crippen molar-refractivity contribution in [1.82, 2.24) is 0 Å². The van der Waals surface area contributed by atoms with Crippen LogP contribution in [0.3, 0.4) is 0 Å². The monoisotopic (exact) mass is 293 g/mol. The van der Waals surface area contributed by atoms with Crippen molar-refractivity contribution in [3.05, 3.63) is 24.0 Å². The molecular weight excluding hydrogens is 264 g/mol. The molecule has 21 heavy (non-hydrogen) atoms. The van der Waals surface area contributed by atoms with Crippen LogP contribution in [0.25, 0.3) is 0 Å². The van der Waals surface area contributed by atoms with E-state index in [1.165, 1.54) is 38.5 Å². The average Bonchev–Trinajstić information content (AvgIpc) is 3.19. The summed E-state index contributed by atoms with van der Waals surface area (Å²) in [6.07, 6.45) is 18.3. The Kier molecular flexibility index (Phi) is 9.68. The van der Waals surface area contributed by atoms with Crippen molar-refractivity contribution in [2.24, 2.45) is 0 Å². The van der Waals surface area contributed by atoms with Gasteiger partial charge in [0.15, 0.2) is 6.10 Å². The predicted molar refractivity (Wildman–Crippen MR) is 83.6 cm³/mol. The number of hydrogen-bond acceptors (Lipinski definition) is 3. The number of aliphatic carboxylic acids is 1. The van der Waals surface area contributed by atoms with Crippen molar-refractivity contribution in [3.63, 3.8) is 0 Å². The van der Waals surface area contributed by atoms with Gasteiger partial charge in [0.1, 0.15) is 5.76 Å². The fourth-order valence-electron chi connectivity index (χ4n) is 2.38. The quantitative estimate of drug-likeness (QED) is 0.382. The largest absolute Gasteiger partial charge is 0.550 e. The molecule has 0 aromatic carbocycles. The topological polar surface area (TPSA) is 52.7 Å². The van der Waals surface area contributed by atoms with E-state index >= 15 is 0 Å². The lowest BCUT2D eigenvalue weighted by Gasteiger charge is -2.01. The molecule has 0 bridgehead atoms. The molecule has 0 aromatic heterocycles. The summed E-state index contributed by atoms with van der Waals surface area (Å²) in [7, 11) is 0. The molecule has 1 fully saturated rings. The van der Waals surface area contributed by atoms with Gasteiger partial charge in [-0.1, -0.05) is 51.2 Å². The van der Waals surface area contributed by atoms with Gasteiger partial charge in [-0.25, -0.2) is 0 Å². The molecule has 0 aliphatic carbocycles. The third-order valence-electron chi connectivity index (χ3n) is 3.76. The van der Waals surface area contributed by atoms with Crippen LogP contribution in [0.2, 0.25) is 0 Å². The first-order valence-electron chi connectivity index (χ1n) is 8.47. The Labute approximate surface area is 129 Å². The number of carboxylic acids is 1. The Balaban J connectivity index is 1.88. The fourth-order valence-corrected chi connectivity index (χ4v) is 2.38. The number of carboxylic acid groups (broad SMARTS) is 1. The first kappa shape index (κ1) is 17.8. The van der Waals surface area contributed by atoms with Gasteiger partial charge in [-0.2, -0.15) is 0 Å². The molecular formula is C18H29O3-. The first-order chi connectivity index (χ1) is 10.2.